The van der Waals surface area contributed by atoms with Gasteiger partial charge in [-0.3, -0.25) is 14.8 Å². The topological polar surface area (TPSA) is 71.5 Å². The van der Waals surface area contributed by atoms with Gasteiger partial charge in [0.05, 0.1) is 22.8 Å². The molecule has 1 amide bonds. The van der Waals surface area contributed by atoms with Crippen molar-refractivity contribution in [3.8, 4) is 5.75 Å². The fourth-order valence-corrected chi connectivity index (χ4v) is 4.63. The lowest BCUT2D eigenvalue weighted by molar-refractivity contribution is 0.0747. The fourth-order valence-electron chi connectivity index (χ4n) is 3.59. The fraction of sp³-hybridized carbons (Fsp3) is 0.238. The number of thiazole rings is 1. The van der Waals surface area contributed by atoms with Gasteiger partial charge in [-0.15, -0.1) is 0 Å². The average molecular weight is 405 g/mol. The van der Waals surface area contributed by atoms with E-state index in [2.05, 4.69) is 20.9 Å². The molecule has 2 aromatic carbocycles. The zero-order valence-corrected chi connectivity index (χ0v) is 16.7. The Morgan fingerprint density at radius 1 is 1.03 bits per heavy atom. The molecule has 1 aliphatic heterocycles. The van der Waals surface area contributed by atoms with E-state index in [1.54, 1.807) is 30.8 Å². The number of anilines is 1. The molecular formula is C21H19N5O2S. The lowest BCUT2D eigenvalue weighted by Crippen LogP contribution is -2.48. The van der Waals surface area contributed by atoms with Crippen LogP contribution >= 0.6 is 11.3 Å². The molecule has 1 fully saturated rings. The van der Waals surface area contributed by atoms with Crippen molar-refractivity contribution in [2.24, 2.45) is 0 Å². The van der Waals surface area contributed by atoms with Crippen LogP contribution in [0.5, 0.6) is 5.75 Å². The van der Waals surface area contributed by atoms with E-state index in [1.807, 2.05) is 35.2 Å². The number of rotatable bonds is 3. The minimum Gasteiger partial charge on any atom is -0.494 e. The Labute approximate surface area is 171 Å². The summed E-state index contributed by atoms with van der Waals surface area (Å²) in [5.41, 5.74) is 3.07. The summed E-state index contributed by atoms with van der Waals surface area (Å²) >= 11 is 1.66. The molecule has 0 bridgehead atoms. The normalized spacial score (nSPS) is 14.5. The summed E-state index contributed by atoms with van der Waals surface area (Å²) < 4.78 is 6.53. The Morgan fingerprint density at radius 3 is 2.62 bits per heavy atom. The first kappa shape index (κ1) is 17.8. The summed E-state index contributed by atoms with van der Waals surface area (Å²) in [7, 11) is 1.66. The van der Waals surface area contributed by atoms with Gasteiger partial charge in [-0.25, -0.2) is 4.98 Å². The number of ether oxygens (including phenoxy) is 1. The highest BCUT2D eigenvalue weighted by Gasteiger charge is 2.24. The molecular weight excluding hydrogens is 386 g/mol. The summed E-state index contributed by atoms with van der Waals surface area (Å²) in [6, 6.07) is 11.5. The molecule has 0 atom stereocenters. The number of piperazine rings is 1. The second-order valence-corrected chi connectivity index (χ2v) is 7.85. The SMILES string of the molecule is COc1cccc2sc(N3CCN(C(=O)c4ccc5nccnc5c4)CC3)nc12. The van der Waals surface area contributed by atoms with Crippen molar-refractivity contribution in [3.05, 3.63) is 54.4 Å². The largest absolute Gasteiger partial charge is 0.494 e. The summed E-state index contributed by atoms with van der Waals surface area (Å²) in [6.07, 6.45) is 3.29. The summed E-state index contributed by atoms with van der Waals surface area (Å²) in [5, 5.41) is 0.970. The van der Waals surface area contributed by atoms with Gasteiger partial charge in [-0.2, -0.15) is 0 Å². The molecule has 5 rings (SSSR count). The van der Waals surface area contributed by atoms with Crippen LogP contribution in [0.3, 0.4) is 0 Å². The van der Waals surface area contributed by atoms with Crippen molar-refractivity contribution < 1.29 is 9.53 Å². The van der Waals surface area contributed by atoms with Gasteiger partial charge in [0.1, 0.15) is 11.3 Å². The molecule has 0 unspecified atom stereocenters. The smallest absolute Gasteiger partial charge is 0.254 e. The van der Waals surface area contributed by atoms with Crippen molar-refractivity contribution in [1.29, 1.82) is 0 Å². The van der Waals surface area contributed by atoms with E-state index >= 15 is 0 Å². The number of hydrogen-bond acceptors (Lipinski definition) is 7. The van der Waals surface area contributed by atoms with E-state index in [-0.39, 0.29) is 5.91 Å². The molecule has 2 aromatic heterocycles. The summed E-state index contributed by atoms with van der Waals surface area (Å²) in [5.74, 6) is 0.821. The van der Waals surface area contributed by atoms with Crippen LogP contribution in [-0.4, -0.2) is 59.0 Å². The molecule has 146 valence electrons. The van der Waals surface area contributed by atoms with Crippen molar-refractivity contribution in [2.45, 2.75) is 0 Å². The molecule has 0 saturated carbocycles. The van der Waals surface area contributed by atoms with Crippen LogP contribution in [0, 0.1) is 0 Å². The Kier molecular flexibility index (Phi) is 4.48. The number of amides is 1. The number of hydrogen-bond donors (Lipinski definition) is 0. The summed E-state index contributed by atoms with van der Waals surface area (Å²) in [4.78, 5) is 30.4. The maximum Gasteiger partial charge on any atom is 0.254 e. The second kappa shape index (κ2) is 7.29. The monoisotopic (exact) mass is 405 g/mol. The molecule has 0 radical (unpaired) electrons. The second-order valence-electron chi connectivity index (χ2n) is 6.84. The highest BCUT2D eigenvalue weighted by molar-refractivity contribution is 7.22. The third kappa shape index (κ3) is 3.25. The third-order valence-electron chi connectivity index (χ3n) is 5.14. The highest BCUT2D eigenvalue weighted by Crippen LogP contribution is 2.34. The Morgan fingerprint density at radius 2 is 1.83 bits per heavy atom. The molecule has 3 heterocycles. The Balaban J connectivity index is 1.31. The van der Waals surface area contributed by atoms with Crippen molar-refractivity contribution in [2.75, 3.05) is 38.2 Å². The van der Waals surface area contributed by atoms with Gasteiger partial charge in [0.15, 0.2) is 5.13 Å². The summed E-state index contributed by atoms with van der Waals surface area (Å²) in [6.45, 7) is 2.82. The predicted octanol–water partition coefficient (Wildman–Crippen LogP) is 3.21. The quantitative estimate of drug-likeness (QED) is 0.521. The third-order valence-corrected chi connectivity index (χ3v) is 6.23. The minimum absolute atomic E-state index is 0.0307. The number of fused-ring (bicyclic) bond motifs is 2. The molecule has 29 heavy (non-hydrogen) atoms. The maximum absolute atomic E-state index is 12.9. The van der Waals surface area contributed by atoms with E-state index in [0.717, 1.165) is 45.2 Å². The van der Waals surface area contributed by atoms with Gasteiger partial charge in [0.25, 0.3) is 5.91 Å². The molecule has 0 spiro atoms. The highest BCUT2D eigenvalue weighted by atomic mass is 32.1. The number of methoxy groups -OCH3 is 1. The minimum atomic E-state index is 0.0307. The lowest BCUT2D eigenvalue weighted by atomic mass is 10.1. The van der Waals surface area contributed by atoms with Crippen LogP contribution in [0.15, 0.2) is 48.8 Å². The first-order chi connectivity index (χ1) is 14.2. The zero-order chi connectivity index (χ0) is 19.8. The van der Waals surface area contributed by atoms with Gasteiger partial charge >= 0.3 is 0 Å². The van der Waals surface area contributed by atoms with Crippen LogP contribution in [-0.2, 0) is 0 Å². The average Bonchev–Trinajstić information content (AvgIpc) is 3.23. The van der Waals surface area contributed by atoms with Crippen LogP contribution in [0.25, 0.3) is 21.3 Å². The number of carbonyl (C=O) groups excluding carboxylic acids is 1. The standard InChI is InChI=1S/C21H19N5O2S/c1-28-17-3-2-4-18-19(17)24-21(29-18)26-11-9-25(10-12-26)20(27)14-5-6-15-16(13-14)23-8-7-22-15/h2-8,13H,9-12H2,1H3. The molecule has 1 aliphatic rings. The molecule has 0 N–H and O–H groups in total. The van der Waals surface area contributed by atoms with E-state index in [4.69, 9.17) is 9.72 Å². The van der Waals surface area contributed by atoms with Gasteiger partial charge in [-0.05, 0) is 30.3 Å². The molecule has 1 saturated heterocycles. The number of carbonyl (C=O) groups is 1. The molecule has 8 heteroatoms. The molecule has 0 aliphatic carbocycles. The van der Waals surface area contributed by atoms with Crippen LogP contribution in [0.4, 0.5) is 5.13 Å². The Hall–Kier alpha value is -3.26. The van der Waals surface area contributed by atoms with Crippen LogP contribution in [0.2, 0.25) is 0 Å². The predicted molar refractivity (Wildman–Crippen MR) is 114 cm³/mol. The van der Waals surface area contributed by atoms with E-state index in [0.29, 0.717) is 18.7 Å². The van der Waals surface area contributed by atoms with E-state index in [1.165, 1.54) is 0 Å². The Bertz CT molecular complexity index is 1200. The number of aromatic nitrogens is 3. The van der Waals surface area contributed by atoms with Crippen molar-refractivity contribution >= 4 is 43.6 Å². The van der Waals surface area contributed by atoms with E-state index in [9.17, 15) is 4.79 Å². The number of para-hydroxylation sites is 1. The number of benzene rings is 2. The van der Waals surface area contributed by atoms with Gasteiger partial charge in [0, 0.05) is 44.1 Å². The first-order valence-corrected chi connectivity index (χ1v) is 10.2. The van der Waals surface area contributed by atoms with Gasteiger partial charge in [-0.1, -0.05) is 17.4 Å². The van der Waals surface area contributed by atoms with E-state index < -0.39 is 0 Å². The zero-order valence-electron chi connectivity index (χ0n) is 15.9. The first-order valence-electron chi connectivity index (χ1n) is 9.41. The van der Waals surface area contributed by atoms with Gasteiger partial charge < -0.3 is 14.5 Å². The van der Waals surface area contributed by atoms with Gasteiger partial charge in [0.2, 0.25) is 0 Å². The van der Waals surface area contributed by atoms with Crippen molar-refractivity contribution in [1.82, 2.24) is 19.9 Å². The molecule has 7 nitrogen and oxygen atoms in total. The van der Waals surface area contributed by atoms with Crippen molar-refractivity contribution in [3.63, 3.8) is 0 Å². The van der Waals surface area contributed by atoms with Crippen LogP contribution in [0.1, 0.15) is 10.4 Å². The number of nitrogens with zero attached hydrogens (tertiary/aromatic N) is 5. The molecule has 4 aromatic rings. The van der Waals surface area contributed by atoms with Crippen LogP contribution < -0.4 is 9.64 Å². The maximum atomic E-state index is 12.9. The lowest BCUT2D eigenvalue weighted by Gasteiger charge is -2.34.